The molecule has 4 N–H and O–H groups in total. The Kier molecular flexibility index (Phi) is 3.40. The Hall–Kier alpha value is -2.13. The van der Waals surface area contributed by atoms with Gasteiger partial charge in [-0.1, -0.05) is 0 Å². The second kappa shape index (κ2) is 4.86. The van der Waals surface area contributed by atoms with Gasteiger partial charge in [0.2, 0.25) is 10.0 Å². The average molecular weight is 283 g/mol. The molecule has 0 fully saturated rings. The lowest BCUT2D eigenvalue weighted by atomic mass is 10.4. The molecular formula is C10H13N5O3S. The first-order valence-corrected chi connectivity index (χ1v) is 6.88. The lowest BCUT2D eigenvalue weighted by molar-refractivity contribution is 0.0942. The van der Waals surface area contributed by atoms with Gasteiger partial charge in [-0.25, -0.2) is 18.5 Å². The topological polar surface area (TPSA) is 123 Å². The Morgan fingerprint density at radius 1 is 1.58 bits per heavy atom. The maximum Gasteiger partial charge on any atom is 0.268 e. The van der Waals surface area contributed by atoms with E-state index in [1.54, 1.807) is 19.4 Å². The summed E-state index contributed by atoms with van der Waals surface area (Å²) in [7, 11) is -2.25. The zero-order chi connectivity index (χ0) is 14.0. The molecular weight excluding hydrogens is 270 g/mol. The van der Waals surface area contributed by atoms with E-state index >= 15 is 0 Å². The molecule has 2 aromatic heterocycles. The van der Waals surface area contributed by atoms with Crippen molar-refractivity contribution in [3.8, 4) is 0 Å². The van der Waals surface area contributed by atoms with Crippen molar-refractivity contribution in [2.24, 2.45) is 12.2 Å². The summed E-state index contributed by atoms with van der Waals surface area (Å²) in [4.78, 5) is 18.6. The molecule has 0 aliphatic heterocycles. The van der Waals surface area contributed by atoms with Crippen molar-refractivity contribution in [1.29, 1.82) is 0 Å². The number of nitrogens with one attached hydrogen (secondary N) is 2. The summed E-state index contributed by atoms with van der Waals surface area (Å²) in [5.41, 5.74) is 0.204. The molecule has 1 amide bonds. The molecule has 0 bridgehead atoms. The van der Waals surface area contributed by atoms with E-state index < -0.39 is 15.9 Å². The highest BCUT2D eigenvalue weighted by molar-refractivity contribution is 7.89. The summed E-state index contributed by atoms with van der Waals surface area (Å²) in [5.74, 6) is 0.197. The Bertz CT molecular complexity index is 687. The van der Waals surface area contributed by atoms with Crippen LogP contribution in [0.3, 0.4) is 0 Å². The van der Waals surface area contributed by atoms with Crippen molar-refractivity contribution >= 4 is 15.9 Å². The Morgan fingerprint density at radius 2 is 2.32 bits per heavy atom. The first kappa shape index (κ1) is 13.3. The minimum atomic E-state index is -3.82. The summed E-state index contributed by atoms with van der Waals surface area (Å²) in [6.07, 6.45) is 4.50. The summed E-state index contributed by atoms with van der Waals surface area (Å²) < 4.78 is 23.8. The van der Waals surface area contributed by atoms with Crippen molar-refractivity contribution < 1.29 is 13.2 Å². The Balaban J connectivity index is 2.13. The number of H-pyrrole nitrogens is 1. The molecule has 0 unspecified atom stereocenters. The number of hydrogen-bond donors (Lipinski definition) is 3. The van der Waals surface area contributed by atoms with Crippen LogP contribution in [-0.2, 0) is 23.6 Å². The van der Waals surface area contributed by atoms with Crippen molar-refractivity contribution in [2.75, 3.05) is 0 Å². The van der Waals surface area contributed by atoms with E-state index in [-0.39, 0.29) is 17.1 Å². The highest BCUT2D eigenvalue weighted by Crippen LogP contribution is 2.11. The van der Waals surface area contributed by atoms with Crippen LogP contribution in [0.2, 0.25) is 0 Å². The van der Waals surface area contributed by atoms with Crippen LogP contribution in [-0.4, -0.2) is 28.9 Å². The van der Waals surface area contributed by atoms with Crippen molar-refractivity contribution in [3.63, 3.8) is 0 Å². The normalized spacial score (nSPS) is 11.5. The van der Waals surface area contributed by atoms with Crippen molar-refractivity contribution in [1.82, 2.24) is 19.9 Å². The van der Waals surface area contributed by atoms with E-state index in [1.807, 2.05) is 0 Å². The van der Waals surface area contributed by atoms with E-state index in [0.29, 0.717) is 5.82 Å². The Morgan fingerprint density at radius 3 is 2.84 bits per heavy atom. The first-order chi connectivity index (χ1) is 8.88. The van der Waals surface area contributed by atoms with Gasteiger partial charge in [0.15, 0.2) is 0 Å². The SMILES string of the molecule is Cn1cc(S(N)(=O)=O)cc1C(=O)NCc1ncc[nH]1. The fraction of sp³-hybridized carbons (Fsp3) is 0.200. The average Bonchev–Trinajstić information content (AvgIpc) is 2.93. The quantitative estimate of drug-likeness (QED) is 0.688. The summed E-state index contributed by atoms with van der Waals surface area (Å²) in [6.45, 7) is 0.224. The molecule has 0 aromatic carbocycles. The predicted molar refractivity (Wildman–Crippen MR) is 66.5 cm³/mol. The molecule has 2 aromatic rings. The second-order valence-electron chi connectivity index (χ2n) is 3.94. The van der Waals surface area contributed by atoms with E-state index in [1.165, 1.54) is 16.8 Å². The molecule has 9 heteroatoms. The van der Waals surface area contributed by atoms with E-state index in [4.69, 9.17) is 5.14 Å². The number of aromatic amines is 1. The number of carbonyl (C=O) groups excluding carboxylic acids is 1. The van der Waals surface area contributed by atoms with Crippen molar-refractivity contribution in [2.45, 2.75) is 11.4 Å². The molecule has 2 heterocycles. The minimum Gasteiger partial charge on any atom is -0.347 e. The number of sulfonamides is 1. The molecule has 102 valence electrons. The van der Waals surface area contributed by atoms with Gasteiger partial charge >= 0.3 is 0 Å². The van der Waals surface area contributed by atoms with Gasteiger partial charge in [0.25, 0.3) is 5.91 Å². The van der Waals surface area contributed by atoms with Crippen LogP contribution in [0.5, 0.6) is 0 Å². The van der Waals surface area contributed by atoms with Gasteiger partial charge in [-0.15, -0.1) is 0 Å². The highest BCUT2D eigenvalue weighted by Gasteiger charge is 2.17. The molecule has 0 atom stereocenters. The summed E-state index contributed by atoms with van der Waals surface area (Å²) in [5, 5.41) is 7.62. The maximum absolute atomic E-state index is 11.9. The van der Waals surface area contributed by atoms with Crippen molar-refractivity contribution in [3.05, 3.63) is 36.2 Å². The number of nitrogens with zero attached hydrogens (tertiary/aromatic N) is 2. The van der Waals surface area contributed by atoms with Gasteiger partial charge in [-0.2, -0.15) is 0 Å². The van der Waals surface area contributed by atoms with Crippen LogP contribution in [0.1, 0.15) is 16.3 Å². The van der Waals surface area contributed by atoms with Gasteiger partial charge in [-0.05, 0) is 6.07 Å². The molecule has 0 spiro atoms. The maximum atomic E-state index is 11.9. The lowest BCUT2D eigenvalue weighted by Crippen LogP contribution is -2.25. The van der Waals surface area contributed by atoms with Crippen LogP contribution in [0, 0.1) is 0 Å². The molecule has 8 nitrogen and oxygen atoms in total. The van der Waals surface area contributed by atoms with Gasteiger partial charge in [-0.3, -0.25) is 4.79 Å². The number of nitrogens with two attached hydrogens (primary N) is 1. The minimum absolute atomic E-state index is 0.0989. The monoisotopic (exact) mass is 283 g/mol. The number of amides is 1. The Labute approximate surface area is 109 Å². The van der Waals surface area contributed by atoms with Crippen LogP contribution in [0.15, 0.2) is 29.6 Å². The molecule has 19 heavy (non-hydrogen) atoms. The van der Waals surface area contributed by atoms with Crippen LogP contribution >= 0.6 is 0 Å². The van der Waals surface area contributed by atoms with Gasteiger partial charge < -0.3 is 14.9 Å². The molecule has 0 saturated heterocycles. The molecule has 0 aliphatic rings. The van der Waals surface area contributed by atoms with Crippen LogP contribution < -0.4 is 10.5 Å². The number of primary sulfonamides is 1. The molecule has 0 saturated carbocycles. The standard InChI is InChI=1S/C10H13N5O3S/c1-15-6-7(19(11,17)18)4-8(15)10(16)14-5-9-12-2-3-13-9/h2-4,6H,5H2,1H3,(H,12,13)(H,14,16)(H2,11,17,18). The third-order valence-electron chi connectivity index (χ3n) is 2.51. The van der Waals surface area contributed by atoms with Crippen LogP contribution in [0.4, 0.5) is 0 Å². The third-order valence-corrected chi connectivity index (χ3v) is 3.39. The van der Waals surface area contributed by atoms with E-state index in [9.17, 15) is 13.2 Å². The number of carbonyl (C=O) groups is 1. The second-order valence-corrected chi connectivity index (χ2v) is 5.50. The molecule has 0 aliphatic carbocycles. The van der Waals surface area contributed by atoms with Crippen LogP contribution in [0.25, 0.3) is 0 Å². The largest absolute Gasteiger partial charge is 0.347 e. The summed E-state index contributed by atoms with van der Waals surface area (Å²) >= 11 is 0. The van der Waals surface area contributed by atoms with E-state index in [0.717, 1.165) is 0 Å². The first-order valence-electron chi connectivity index (χ1n) is 5.33. The lowest BCUT2D eigenvalue weighted by Gasteiger charge is -2.03. The molecule has 2 rings (SSSR count). The molecule has 0 radical (unpaired) electrons. The number of imidazole rings is 1. The van der Waals surface area contributed by atoms with Gasteiger partial charge in [0.1, 0.15) is 16.4 Å². The fourth-order valence-electron chi connectivity index (χ4n) is 1.56. The van der Waals surface area contributed by atoms with Gasteiger partial charge in [0.05, 0.1) is 6.54 Å². The fourth-order valence-corrected chi connectivity index (χ4v) is 2.15. The zero-order valence-electron chi connectivity index (χ0n) is 10.1. The number of rotatable bonds is 4. The third kappa shape index (κ3) is 3.01. The highest BCUT2D eigenvalue weighted by atomic mass is 32.2. The predicted octanol–water partition coefficient (Wildman–Crippen LogP) is -0.674. The smallest absolute Gasteiger partial charge is 0.268 e. The summed E-state index contributed by atoms with van der Waals surface area (Å²) in [6, 6.07) is 1.23. The zero-order valence-corrected chi connectivity index (χ0v) is 10.9. The number of aryl methyl sites for hydroxylation is 1. The number of aromatic nitrogens is 3. The van der Waals surface area contributed by atoms with Gasteiger partial charge in [0, 0.05) is 25.6 Å². The van der Waals surface area contributed by atoms with E-state index in [2.05, 4.69) is 15.3 Å². The number of hydrogen-bond acceptors (Lipinski definition) is 4.